The van der Waals surface area contributed by atoms with Gasteiger partial charge < -0.3 is 10.2 Å². The van der Waals surface area contributed by atoms with Crippen molar-refractivity contribution in [2.45, 2.75) is 26.7 Å². The number of hydrogen-bond acceptors (Lipinski definition) is 4. The lowest BCUT2D eigenvalue weighted by atomic mass is 9.97. The molecule has 1 fully saturated rings. The van der Waals surface area contributed by atoms with Gasteiger partial charge in [-0.1, -0.05) is 0 Å². The van der Waals surface area contributed by atoms with Gasteiger partial charge in [0.05, 0.1) is 17.6 Å². The van der Waals surface area contributed by atoms with Gasteiger partial charge in [-0.05, 0) is 52.7 Å². The molecule has 0 aromatic carbocycles. The third-order valence-corrected chi connectivity index (χ3v) is 3.60. The molecule has 0 amide bonds. The summed E-state index contributed by atoms with van der Waals surface area (Å²) in [6.07, 6.45) is 4.39. The molecule has 2 rings (SSSR count). The lowest BCUT2D eigenvalue weighted by Gasteiger charge is -2.29. The van der Waals surface area contributed by atoms with Gasteiger partial charge in [-0.3, -0.25) is 4.98 Å². The van der Waals surface area contributed by atoms with Gasteiger partial charge >= 0.3 is 0 Å². The minimum Gasteiger partial charge on any atom is -0.369 e. The zero-order valence-corrected chi connectivity index (χ0v) is 11.0. The van der Waals surface area contributed by atoms with Gasteiger partial charge in [-0.25, -0.2) is 4.98 Å². The fourth-order valence-corrected chi connectivity index (χ4v) is 2.14. The third kappa shape index (κ3) is 3.40. The Morgan fingerprint density at radius 1 is 1.29 bits per heavy atom. The number of aromatic nitrogens is 2. The maximum absolute atomic E-state index is 4.49. The van der Waals surface area contributed by atoms with Gasteiger partial charge in [0.25, 0.3) is 0 Å². The number of rotatable bonds is 3. The second-order valence-corrected chi connectivity index (χ2v) is 5.05. The Morgan fingerprint density at radius 2 is 2.00 bits per heavy atom. The molecule has 94 valence electrons. The van der Waals surface area contributed by atoms with Crippen LogP contribution in [0.4, 0.5) is 5.82 Å². The molecule has 0 saturated carbocycles. The summed E-state index contributed by atoms with van der Waals surface area (Å²) >= 11 is 0. The Labute approximate surface area is 103 Å². The van der Waals surface area contributed by atoms with E-state index < -0.39 is 0 Å². The van der Waals surface area contributed by atoms with Crippen molar-refractivity contribution in [3.8, 4) is 0 Å². The van der Waals surface area contributed by atoms with E-state index in [0.717, 1.165) is 29.7 Å². The standard InChI is InChI=1S/C13H22N4/c1-10-11(2)16-13(9-14-10)15-8-12-4-6-17(3)7-5-12/h9,12H,4-8H2,1-3H3,(H,15,16). The summed E-state index contributed by atoms with van der Waals surface area (Å²) in [7, 11) is 2.19. The SMILES string of the molecule is Cc1ncc(NCC2CCN(C)CC2)nc1C. The molecule has 0 spiro atoms. The van der Waals surface area contributed by atoms with E-state index in [1.54, 1.807) is 0 Å². The molecule has 1 aliphatic heterocycles. The highest BCUT2D eigenvalue weighted by molar-refractivity contribution is 5.33. The molecule has 1 saturated heterocycles. The predicted molar refractivity (Wildman–Crippen MR) is 70.2 cm³/mol. The van der Waals surface area contributed by atoms with Crippen molar-refractivity contribution >= 4 is 5.82 Å². The molecule has 0 atom stereocenters. The molecule has 2 heterocycles. The maximum Gasteiger partial charge on any atom is 0.144 e. The Bertz CT molecular complexity index is 370. The van der Waals surface area contributed by atoms with Gasteiger partial charge in [-0.15, -0.1) is 0 Å². The molecule has 1 aromatic heterocycles. The van der Waals surface area contributed by atoms with Crippen LogP contribution in [0.2, 0.25) is 0 Å². The van der Waals surface area contributed by atoms with Crippen LogP contribution in [-0.2, 0) is 0 Å². The molecule has 0 unspecified atom stereocenters. The molecule has 4 heteroatoms. The molecule has 1 aliphatic rings. The van der Waals surface area contributed by atoms with E-state index >= 15 is 0 Å². The van der Waals surface area contributed by atoms with Gasteiger partial charge in [-0.2, -0.15) is 0 Å². The highest BCUT2D eigenvalue weighted by atomic mass is 15.1. The number of piperidine rings is 1. The van der Waals surface area contributed by atoms with Crippen LogP contribution in [0.1, 0.15) is 24.2 Å². The predicted octanol–water partition coefficient (Wildman–Crippen LogP) is 1.85. The number of aryl methyl sites for hydroxylation is 2. The Morgan fingerprint density at radius 3 is 2.65 bits per heavy atom. The molecular weight excluding hydrogens is 212 g/mol. The lowest BCUT2D eigenvalue weighted by molar-refractivity contribution is 0.226. The van der Waals surface area contributed by atoms with E-state index in [9.17, 15) is 0 Å². The fraction of sp³-hybridized carbons (Fsp3) is 0.692. The molecule has 4 nitrogen and oxygen atoms in total. The van der Waals surface area contributed by atoms with Crippen molar-refractivity contribution in [1.29, 1.82) is 0 Å². The normalized spacial score (nSPS) is 18.3. The van der Waals surface area contributed by atoms with Crippen molar-refractivity contribution in [3.05, 3.63) is 17.6 Å². The zero-order valence-electron chi connectivity index (χ0n) is 11.0. The second-order valence-electron chi connectivity index (χ2n) is 5.05. The monoisotopic (exact) mass is 234 g/mol. The van der Waals surface area contributed by atoms with E-state index in [1.165, 1.54) is 25.9 Å². The average Bonchev–Trinajstić information content (AvgIpc) is 2.33. The Kier molecular flexibility index (Phi) is 3.94. The van der Waals surface area contributed by atoms with Crippen LogP contribution < -0.4 is 5.32 Å². The number of likely N-dealkylation sites (tertiary alicyclic amines) is 1. The van der Waals surface area contributed by atoms with Crippen molar-refractivity contribution in [3.63, 3.8) is 0 Å². The van der Waals surface area contributed by atoms with Crippen LogP contribution in [0.15, 0.2) is 6.20 Å². The van der Waals surface area contributed by atoms with Crippen LogP contribution in [0.25, 0.3) is 0 Å². The zero-order chi connectivity index (χ0) is 12.3. The van der Waals surface area contributed by atoms with Gasteiger partial charge in [0.2, 0.25) is 0 Å². The third-order valence-electron chi connectivity index (χ3n) is 3.60. The molecule has 0 radical (unpaired) electrons. The van der Waals surface area contributed by atoms with Crippen molar-refractivity contribution in [2.24, 2.45) is 5.92 Å². The first-order valence-electron chi connectivity index (χ1n) is 6.38. The van der Waals surface area contributed by atoms with E-state index in [1.807, 2.05) is 20.0 Å². The summed E-state index contributed by atoms with van der Waals surface area (Å²) in [5, 5.41) is 3.41. The number of nitrogens with one attached hydrogen (secondary N) is 1. The van der Waals surface area contributed by atoms with E-state index in [2.05, 4.69) is 27.2 Å². The Hall–Kier alpha value is -1.16. The topological polar surface area (TPSA) is 41.1 Å². The fourth-order valence-electron chi connectivity index (χ4n) is 2.14. The second kappa shape index (κ2) is 5.45. The summed E-state index contributed by atoms with van der Waals surface area (Å²) in [6, 6.07) is 0. The smallest absolute Gasteiger partial charge is 0.144 e. The maximum atomic E-state index is 4.49. The summed E-state index contributed by atoms with van der Waals surface area (Å²) < 4.78 is 0. The molecular formula is C13H22N4. The summed E-state index contributed by atoms with van der Waals surface area (Å²) in [4.78, 5) is 11.2. The number of nitrogens with zero attached hydrogens (tertiary/aromatic N) is 3. The molecule has 1 aromatic rings. The summed E-state index contributed by atoms with van der Waals surface area (Å²) in [5.41, 5.74) is 2.02. The highest BCUT2D eigenvalue weighted by Gasteiger charge is 2.16. The Balaban J connectivity index is 1.83. The molecule has 0 aliphatic carbocycles. The van der Waals surface area contributed by atoms with Crippen LogP contribution >= 0.6 is 0 Å². The lowest BCUT2D eigenvalue weighted by Crippen LogP contribution is -2.33. The number of hydrogen-bond donors (Lipinski definition) is 1. The van der Waals surface area contributed by atoms with Crippen LogP contribution in [-0.4, -0.2) is 41.5 Å². The van der Waals surface area contributed by atoms with Gasteiger partial charge in [0.1, 0.15) is 5.82 Å². The van der Waals surface area contributed by atoms with E-state index in [0.29, 0.717) is 0 Å². The van der Waals surface area contributed by atoms with Gasteiger partial charge in [0.15, 0.2) is 0 Å². The van der Waals surface area contributed by atoms with Crippen molar-refractivity contribution in [2.75, 3.05) is 32.0 Å². The first-order chi connectivity index (χ1) is 8.15. The highest BCUT2D eigenvalue weighted by Crippen LogP contribution is 2.16. The van der Waals surface area contributed by atoms with E-state index in [4.69, 9.17) is 0 Å². The summed E-state index contributed by atoms with van der Waals surface area (Å²) in [5.74, 6) is 1.68. The quantitative estimate of drug-likeness (QED) is 0.866. The van der Waals surface area contributed by atoms with Crippen molar-refractivity contribution in [1.82, 2.24) is 14.9 Å². The largest absolute Gasteiger partial charge is 0.369 e. The van der Waals surface area contributed by atoms with Crippen LogP contribution in [0.5, 0.6) is 0 Å². The minimum atomic E-state index is 0.773. The van der Waals surface area contributed by atoms with Crippen LogP contribution in [0.3, 0.4) is 0 Å². The number of anilines is 1. The molecule has 17 heavy (non-hydrogen) atoms. The molecule has 0 bridgehead atoms. The average molecular weight is 234 g/mol. The van der Waals surface area contributed by atoms with Gasteiger partial charge in [0, 0.05) is 6.54 Å². The minimum absolute atomic E-state index is 0.773. The molecule has 1 N–H and O–H groups in total. The van der Waals surface area contributed by atoms with Crippen molar-refractivity contribution < 1.29 is 0 Å². The first kappa shape index (κ1) is 12.3. The van der Waals surface area contributed by atoms with E-state index in [-0.39, 0.29) is 0 Å². The van der Waals surface area contributed by atoms with Crippen LogP contribution in [0, 0.1) is 19.8 Å². The first-order valence-corrected chi connectivity index (χ1v) is 6.38. The summed E-state index contributed by atoms with van der Waals surface area (Å²) in [6.45, 7) is 7.44.